The van der Waals surface area contributed by atoms with E-state index in [2.05, 4.69) is 5.32 Å². The number of amides is 2. The number of hydrogen-bond acceptors (Lipinski definition) is 4. The second-order valence-corrected chi connectivity index (χ2v) is 9.56. The van der Waals surface area contributed by atoms with Gasteiger partial charge in [0.25, 0.3) is 5.91 Å². The van der Waals surface area contributed by atoms with Crippen molar-refractivity contribution in [3.05, 3.63) is 69.5 Å². The molecule has 0 aromatic heterocycles. The number of aryl methyl sites for hydroxylation is 1. The van der Waals surface area contributed by atoms with Crippen molar-refractivity contribution in [1.29, 1.82) is 0 Å². The highest BCUT2D eigenvalue weighted by molar-refractivity contribution is 6.30. The third-order valence-electron chi connectivity index (χ3n) is 6.18. The van der Waals surface area contributed by atoms with Gasteiger partial charge in [0.1, 0.15) is 5.82 Å². The Morgan fingerprint density at radius 3 is 2.71 bits per heavy atom. The van der Waals surface area contributed by atoms with Crippen LogP contribution in [0.5, 0.6) is 0 Å². The molecule has 178 valence electrons. The summed E-state index contributed by atoms with van der Waals surface area (Å²) in [5, 5.41) is 14.0. The highest BCUT2D eigenvalue weighted by atomic mass is 35.5. The van der Waals surface area contributed by atoms with Crippen LogP contribution < -0.4 is 10.2 Å². The first-order chi connectivity index (χ1) is 16.1. The monoisotopic (exact) mass is 484 g/mol. The van der Waals surface area contributed by atoms with E-state index in [1.165, 1.54) is 17.0 Å². The fourth-order valence-electron chi connectivity index (χ4n) is 4.42. The van der Waals surface area contributed by atoms with Gasteiger partial charge >= 0.3 is 0 Å². The Morgan fingerprint density at radius 2 is 2.00 bits per heavy atom. The van der Waals surface area contributed by atoms with E-state index in [9.17, 15) is 23.9 Å². The average Bonchev–Trinajstić information content (AvgIpc) is 3.32. The van der Waals surface area contributed by atoms with Gasteiger partial charge in [0.15, 0.2) is 5.78 Å². The summed E-state index contributed by atoms with van der Waals surface area (Å²) in [6, 6.07) is 9.45. The summed E-state index contributed by atoms with van der Waals surface area (Å²) < 4.78 is 13.5. The van der Waals surface area contributed by atoms with Crippen molar-refractivity contribution in [2.24, 2.45) is 0 Å². The summed E-state index contributed by atoms with van der Waals surface area (Å²) in [6.07, 6.45) is 2.34. The number of benzene rings is 2. The third-order valence-corrected chi connectivity index (χ3v) is 6.40. The maximum Gasteiger partial charge on any atom is 0.266 e. The Hall–Kier alpha value is -3.03. The van der Waals surface area contributed by atoms with E-state index >= 15 is 0 Å². The standard InChI is InChI=1S/C26H26ClFN2O4/c1-15(2)29-24(32)19-11-17-4-5-22(13-18(17)12-19)30-8-7-26(34,25(30)33)23(31)6-3-16-9-20(27)14-21(28)10-16/h4-5,9-10,12-15,34H,3,6-8,11H2,1-2H3,(H,29,32)/t26-/m0/s1. The summed E-state index contributed by atoms with van der Waals surface area (Å²) >= 11 is 5.86. The Labute approximate surface area is 202 Å². The van der Waals surface area contributed by atoms with Crippen molar-refractivity contribution in [1.82, 2.24) is 5.32 Å². The number of Topliss-reactive ketones (excluding diaryl/α,β-unsaturated/α-hetero) is 1. The van der Waals surface area contributed by atoms with E-state index in [0.717, 1.165) is 11.1 Å². The van der Waals surface area contributed by atoms with Gasteiger partial charge in [-0.1, -0.05) is 17.7 Å². The maximum absolute atomic E-state index is 13.5. The van der Waals surface area contributed by atoms with Crippen molar-refractivity contribution < 1.29 is 23.9 Å². The largest absolute Gasteiger partial charge is 0.373 e. The van der Waals surface area contributed by atoms with Crippen LogP contribution in [0.25, 0.3) is 6.08 Å². The van der Waals surface area contributed by atoms with Crippen LogP contribution in [0, 0.1) is 5.82 Å². The van der Waals surface area contributed by atoms with E-state index in [-0.39, 0.29) is 42.8 Å². The molecule has 0 unspecified atom stereocenters. The van der Waals surface area contributed by atoms with Crippen LogP contribution in [-0.2, 0) is 27.2 Å². The van der Waals surface area contributed by atoms with E-state index in [0.29, 0.717) is 23.2 Å². The lowest BCUT2D eigenvalue weighted by atomic mass is 9.92. The van der Waals surface area contributed by atoms with Gasteiger partial charge in [-0.3, -0.25) is 14.4 Å². The molecule has 0 saturated carbocycles. The van der Waals surface area contributed by atoms with Gasteiger partial charge in [0.2, 0.25) is 11.5 Å². The molecule has 2 amide bonds. The van der Waals surface area contributed by atoms with Crippen molar-refractivity contribution in [2.45, 2.75) is 51.2 Å². The lowest BCUT2D eigenvalue weighted by Crippen LogP contribution is -2.47. The maximum atomic E-state index is 13.5. The molecule has 0 radical (unpaired) electrons. The number of hydrogen-bond donors (Lipinski definition) is 2. The first kappa shape index (κ1) is 24.1. The summed E-state index contributed by atoms with van der Waals surface area (Å²) in [7, 11) is 0. The molecule has 2 N–H and O–H groups in total. The molecule has 8 heteroatoms. The number of carbonyl (C=O) groups excluding carboxylic acids is 3. The molecular formula is C26H26ClFN2O4. The van der Waals surface area contributed by atoms with Crippen molar-refractivity contribution in [2.75, 3.05) is 11.4 Å². The number of rotatable bonds is 7. The van der Waals surface area contributed by atoms with Crippen LogP contribution in [-0.4, -0.2) is 40.9 Å². The first-order valence-corrected chi connectivity index (χ1v) is 11.6. The highest BCUT2D eigenvalue weighted by Crippen LogP contribution is 2.34. The van der Waals surface area contributed by atoms with E-state index in [1.54, 1.807) is 24.3 Å². The van der Waals surface area contributed by atoms with Crippen molar-refractivity contribution in [3.8, 4) is 0 Å². The van der Waals surface area contributed by atoms with E-state index in [4.69, 9.17) is 11.6 Å². The average molecular weight is 485 g/mol. The van der Waals surface area contributed by atoms with Crippen LogP contribution in [0.1, 0.15) is 43.4 Å². The zero-order valence-corrected chi connectivity index (χ0v) is 19.8. The van der Waals surface area contributed by atoms with Gasteiger partial charge in [-0.05, 0) is 73.4 Å². The summed E-state index contributed by atoms with van der Waals surface area (Å²) in [5.41, 5.74) is 1.43. The molecular weight excluding hydrogens is 459 g/mol. The third kappa shape index (κ3) is 4.76. The van der Waals surface area contributed by atoms with Crippen LogP contribution in [0.15, 0.2) is 42.0 Å². The molecule has 2 aliphatic rings. The minimum atomic E-state index is -2.12. The zero-order chi connectivity index (χ0) is 24.6. The molecule has 1 aliphatic heterocycles. The lowest BCUT2D eigenvalue weighted by Gasteiger charge is -2.22. The zero-order valence-electron chi connectivity index (χ0n) is 19.0. The molecule has 6 nitrogen and oxygen atoms in total. The topological polar surface area (TPSA) is 86.7 Å². The van der Waals surface area contributed by atoms with Gasteiger partial charge in [-0.25, -0.2) is 4.39 Å². The number of aliphatic hydroxyl groups is 1. The predicted molar refractivity (Wildman–Crippen MR) is 128 cm³/mol. The first-order valence-electron chi connectivity index (χ1n) is 11.2. The molecule has 1 fully saturated rings. The minimum Gasteiger partial charge on any atom is -0.373 e. The number of carbonyl (C=O) groups is 3. The highest BCUT2D eigenvalue weighted by Gasteiger charge is 2.50. The number of ketones is 1. The van der Waals surface area contributed by atoms with Crippen LogP contribution in [0.2, 0.25) is 5.02 Å². The minimum absolute atomic E-state index is 0.0243. The summed E-state index contributed by atoms with van der Waals surface area (Å²) in [5.74, 6) is -1.90. The lowest BCUT2D eigenvalue weighted by molar-refractivity contribution is -0.147. The van der Waals surface area contributed by atoms with Crippen molar-refractivity contribution in [3.63, 3.8) is 0 Å². The molecule has 0 bridgehead atoms. The Bertz CT molecular complexity index is 1190. The molecule has 1 saturated heterocycles. The second-order valence-electron chi connectivity index (χ2n) is 9.13. The predicted octanol–water partition coefficient (Wildman–Crippen LogP) is 3.61. The fourth-order valence-corrected chi connectivity index (χ4v) is 4.66. The molecule has 4 rings (SSSR count). The molecule has 1 heterocycles. The fraction of sp³-hybridized carbons (Fsp3) is 0.346. The second kappa shape index (κ2) is 9.31. The Kier molecular flexibility index (Phi) is 6.60. The van der Waals surface area contributed by atoms with Gasteiger partial charge in [-0.15, -0.1) is 0 Å². The number of anilines is 1. The molecule has 0 spiro atoms. The van der Waals surface area contributed by atoms with Gasteiger partial charge in [-0.2, -0.15) is 0 Å². The molecule has 2 aromatic rings. The summed E-state index contributed by atoms with van der Waals surface area (Å²) in [6.45, 7) is 3.98. The van der Waals surface area contributed by atoms with E-state index < -0.39 is 23.1 Å². The van der Waals surface area contributed by atoms with Gasteiger partial charge < -0.3 is 15.3 Å². The summed E-state index contributed by atoms with van der Waals surface area (Å²) in [4.78, 5) is 39.6. The molecule has 1 atom stereocenters. The van der Waals surface area contributed by atoms with Crippen molar-refractivity contribution >= 4 is 41.0 Å². The van der Waals surface area contributed by atoms with Crippen LogP contribution >= 0.6 is 11.6 Å². The quantitative estimate of drug-likeness (QED) is 0.588. The number of nitrogens with one attached hydrogen (secondary N) is 1. The smallest absolute Gasteiger partial charge is 0.266 e. The van der Waals surface area contributed by atoms with Crippen LogP contribution in [0.3, 0.4) is 0 Å². The Morgan fingerprint density at radius 1 is 1.24 bits per heavy atom. The SMILES string of the molecule is CC(C)NC(=O)C1=Cc2cc(N3CC[C@](O)(C(=O)CCc4cc(F)cc(Cl)c4)C3=O)ccc2C1. The molecule has 34 heavy (non-hydrogen) atoms. The van der Waals surface area contributed by atoms with Gasteiger partial charge in [0.05, 0.1) is 0 Å². The normalized spacial score (nSPS) is 19.4. The molecule has 1 aliphatic carbocycles. The number of fused-ring (bicyclic) bond motifs is 1. The number of nitrogens with zero attached hydrogens (tertiary/aromatic N) is 1. The van der Waals surface area contributed by atoms with E-state index in [1.807, 2.05) is 19.9 Å². The van der Waals surface area contributed by atoms with Gasteiger partial charge in [0, 0.05) is 48.1 Å². The Balaban J connectivity index is 1.46. The van der Waals surface area contributed by atoms with Crippen LogP contribution in [0.4, 0.5) is 10.1 Å². The number of halogens is 2. The molecule has 2 aromatic carbocycles.